The second-order valence-electron chi connectivity index (χ2n) is 6.63. The monoisotopic (exact) mass is 376 g/mol. The average Bonchev–Trinajstić information content (AvgIpc) is 3.22. The summed E-state index contributed by atoms with van der Waals surface area (Å²) < 4.78 is 10.9. The molecule has 0 aliphatic carbocycles. The second-order valence-corrected chi connectivity index (χ2v) is 6.63. The minimum absolute atomic E-state index is 0.0756. The highest BCUT2D eigenvalue weighted by molar-refractivity contribution is 6.05. The smallest absolute Gasteiger partial charge is 0.265 e. The fourth-order valence-corrected chi connectivity index (χ4v) is 3.15. The average molecular weight is 376 g/mol. The summed E-state index contributed by atoms with van der Waals surface area (Å²) in [4.78, 5) is 28.8. The van der Waals surface area contributed by atoms with E-state index in [1.807, 2.05) is 49.4 Å². The molecule has 6 nitrogen and oxygen atoms in total. The Labute approximate surface area is 162 Å². The van der Waals surface area contributed by atoms with Crippen molar-refractivity contribution in [1.29, 1.82) is 0 Å². The predicted octanol–water partition coefficient (Wildman–Crippen LogP) is 3.55. The van der Waals surface area contributed by atoms with E-state index in [-0.39, 0.29) is 31.5 Å². The molecule has 6 heteroatoms. The van der Waals surface area contributed by atoms with Gasteiger partial charge in [-0.3, -0.25) is 14.5 Å². The Bertz CT molecular complexity index is 980. The minimum atomic E-state index is -0.242. The third-order valence-electron chi connectivity index (χ3n) is 4.64. The lowest BCUT2D eigenvalue weighted by atomic mass is 10.2. The number of aryl methyl sites for hydroxylation is 1. The van der Waals surface area contributed by atoms with Gasteiger partial charge in [0.05, 0.1) is 18.5 Å². The molecule has 28 heavy (non-hydrogen) atoms. The first-order valence-electron chi connectivity index (χ1n) is 9.03. The van der Waals surface area contributed by atoms with E-state index in [0.29, 0.717) is 17.2 Å². The van der Waals surface area contributed by atoms with Crippen molar-refractivity contribution in [3.63, 3.8) is 0 Å². The molecule has 0 spiro atoms. The second kappa shape index (κ2) is 7.60. The molecule has 2 amide bonds. The van der Waals surface area contributed by atoms with Crippen LogP contribution in [0.5, 0.6) is 5.75 Å². The molecule has 1 aliphatic rings. The van der Waals surface area contributed by atoms with Crippen molar-refractivity contribution >= 4 is 23.2 Å². The molecular formula is C22H20N2O4. The van der Waals surface area contributed by atoms with Crippen LogP contribution >= 0.6 is 0 Å². The normalized spacial score (nSPS) is 13.0. The maximum absolute atomic E-state index is 13.2. The van der Waals surface area contributed by atoms with E-state index in [9.17, 15) is 9.59 Å². The number of ether oxygens (including phenoxy) is 1. The van der Waals surface area contributed by atoms with Crippen LogP contribution in [0.2, 0.25) is 0 Å². The molecule has 0 saturated carbocycles. The predicted molar refractivity (Wildman–Crippen MR) is 105 cm³/mol. The van der Waals surface area contributed by atoms with Crippen LogP contribution in [0.15, 0.2) is 71.3 Å². The number of nitrogens with zero attached hydrogens (tertiary/aromatic N) is 2. The molecule has 1 aliphatic heterocycles. The molecule has 4 rings (SSSR count). The van der Waals surface area contributed by atoms with E-state index in [1.54, 1.807) is 29.4 Å². The number of furan rings is 1. The van der Waals surface area contributed by atoms with Gasteiger partial charge in [-0.2, -0.15) is 0 Å². The van der Waals surface area contributed by atoms with Crippen molar-refractivity contribution in [2.75, 3.05) is 23.0 Å². The van der Waals surface area contributed by atoms with Gasteiger partial charge in [-0.25, -0.2) is 0 Å². The van der Waals surface area contributed by atoms with Crippen molar-refractivity contribution in [1.82, 2.24) is 0 Å². The first kappa shape index (κ1) is 17.9. The van der Waals surface area contributed by atoms with Gasteiger partial charge in [0.1, 0.15) is 18.1 Å². The maximum Gasteiger partial charge on any atom is 0.265 e. The zero-order valence-electron chi connectivity index (χ0n) is 15.5. The zero-order chi connectivity index (χ0) is 19.5. The molecule has 0 N–H and O–H groups in total. The van der Waals surface area contributed by atoms with E-state index in [2.05, 4.69) is 0 Å². The first-order valence-corrected chi connectivity index (χ1v) is 9.03. The Morgan fingerprint density at radius 1 is 1.07 bits per heavy atom. The van der Waals surface area contributed by atoms with Crippen molar-refractivity contribution in [2.45, 2.75) is 13.5 Å². The number of carbonyl (C=O) groups is 2. The summed E-state index contributed by atoms with van der Waals surface area (Å²) in [5.41, 5.74) is 2.46. The molecule has 2 heterocycles. The largest absolute Gasteiger partial charge is 0.482 e. The van der Waals surface area contributed by atoms with E-state index in [0.717, 1.165) is 11.3 Å². The number of rotatable bonds is 5. The summed E-state index contributed by atoms with van der Waals surface area (Å²) in [5, 5.41) is 0. The summed E-state index contributed by atoms with van der Waals surface area (Å²) in [6, 6.07) is 18.5. The lowest BCUT2D eigenvalue weighted by Gasteiger charge is -2.31. The summed E-state index contributed by atoms with van der Waals surface area (Å²) in [6.45, 7) is 2.13. The topological polar surface area (TPSA) is 63.0 Å². The molecule has 0 fully saturated rings. The van der Waals surface area contributed by atoms with Crippen LogP contribution in [0.4, 0.5) is 11.4 Å². The van der Waals surface area contributed by atoms with Gasteiger partial charge in [-0.1, -0.05) is 29.8 Å². The summed E-state index contributed by atoms with van der Waals surface area (Å²) in [5.74, 6) is 0.824. The highest BCUT2D eigenvalue weighted by atomic mass is 16.5. The van der Waals surface area contributed by atoms with Gasteiger partial charge in [0.2, 0.25) is 5.91 Å². The molecule has 3 aromatic rings. The third-order valence-corrected chi connectivity index (χ3v) is 4.64. The molecular weight excluding hydrogens is 356 g/mol. The number of para-hydroxylation sites is 2. The van der Waals surface area contributed by atoms with Crippen LogP contribution in [0.3, 0.4) is 0 Å². The van der Waals surface area contributed by atoms with Gasteiger partial charge in [0.15, 0.2) is 6.61 Å². The van der Waals surface area contributed by atoms with Crippen molar-refractivity contribution in [3.05, 3.63) is 78.3 Å². The van der Waals surface area contributed by atoms with Crippen LogP contribution in [-0.4, -0.2) is 25.0 Å². The highest BCUT2D eigenvalue weighted by Crippen LogP contribution is 2.31. The highest BCUT2D eigenvalue weighted by Gasteiger charge is 2.29. The summed E-state index contributed by atoms with van der Waals surface area (Å²) in [7, 11) is 0. The molecule has 0 radical (unpaired) electrons. The summed E-state index contributed by atoms with van der Waals surface area (Å²) in [6.07, 6.45) is 1.58. The van der Waals surface area contributed by atoms with Crippen molar-refractivity contribution < 1.29 is 18.7 Å². The Kier molecular flexibility index (Phi) is 4.85. The molecule has 142 valence electrons. The fourth-order valence-electron chi connectivity index (χ4n) is 3.15. The summed E-state index contributed by atoms with van der Waals surface area (Å²) >= 11 is 0. The molecule has 0 saturated heterocycles. The van der Waals surface area contributed by atoms with Crippen molar-refractivity contribution in [3.8, 4) is 5.75 Å². The van der Waals surface area contributed by atoms with Gasteiger partial charge in [0, 0.05) is 5.69 Å². The Morgan fingerprint density at radius 3 is 2.61 bits per heavy atom. The Balaban J connectivity index is 1.62. The van der Waals surface area contributed by atoms with E-state index in [1.165, 1.54) is 4.90 Å². The quantitative estimate of drug-likeness (QED) is 0.683. The molecule has 0 bridgehead atoms. The van der Waals surface area contributed by atoms with Crippen molar-refractivity contribution in [2.24, 2.45) is 0 Å². The number of anilines is 2. The Morgan fingerprint density at radius 2 is 1.86 bits per heavy atom. The van der Waals surface area contributed by atoms with Gasteiger partial charge in [0.25, 0.3) is 5.91 Å². The lowest BCUT2D eigenvalue weighted by Crippen LogP contribution is -2.46. The van der Waals surface area contributed by atoms with Gasteiger partial charge < -0.3 is 14.1 Å². The lowest BCUT2D eigenvalue weighted by molar-refractivity contribution is -0.124. The maximum atomic E-state index is 13.2. The van der Waals surface area contributed by atoms with Crippen LogP contribution in [0, 0.1) is 6.92 Å². The van der Waals surface area contributed by atoms with Crippen LogP contribution in [0.1, 0.15) is 11.3 Å². The number of carbonyl (C=O) groups excluding carboxylic acids is 2. The number of amides is 2. The van der Waals surface area contributed by atoms with E-state index < -0.39 is 0 Å². The van der Waals surface area contributed by atoms with Gasteiger partial charge in [-0.05, 0) is 43.3 Å². The van der Waals surface area contributed by atoms with Gasteiger partial charge in [-0.15, -0.1) is 0 Å². The fraction of sp³-hybridized carbons (Fsp3) is 0.182. The number of hydrogen-bond acceptors (Lipinski definition) is 4. The standard InChI is InChI=1S/C22H20N2O4/c1-16-8-10-17(11-9-16)23(13-18-5-4-12-27-18)21(25)14-24-19-6-2-3-7-20(19)28-15-22(24)26/h2-12H,13-15H2,1H3. The SMILES string of the molecule is Cc1ccc(N(Cc2ccco2)C(=O)CN2C(=O)COc3ccccc32)cc1. The molecule has 1 aromatic heterocycles. The van der Waals surface area contributed by atoms with Crippen LogP contribution in [-0.2, 0) is 16.1 Å². The first-order chi connectivity index (χ1) is 13.6. The minimum Gasteiger partial charge on any atom is -0.482 e. The number of fused-ring (bicyclic) bond motifs is 1. The van der Waals surface area contributed by atoms with Gasteiger partial charge >= 0.3 is 0 Å². The molecule has 2 aromatic carbocycles. The molecule has 0 atom stereocenters. The van der Waals surface area contributed by atoms with Crippen LogP contribution < -0.4 is 14.5 Å². The third kappa shape index (κ3) is 3.62. The number of hydrogen-bond donors (Lipinski definition) is 0. The molecule has 0 unspecified atom stereocenters. The van der Waals surface area contributed by atoms with E-state index in [4.69, 9.17) is 9.15 Å². The number of benzene rings is 2. The van der Waals surface area contributed by atoms with E-state index >= 15 is 0 Å². The zero-order valence-corrected chi connectivity index (χ0v) is 15.5. The Hall–Kier alpha value is -3.54. The van der Waals surface area contributed by atoms with Crippen LogP contribution in [0.25, 0.3) is 0 Å².